The zero-order valence-corrected chi connectivity index (χ0v) is 10.2. The highest BCUT2D eigenvalue weighted by molar-refractivity contribution is 5.03. The molecular weight excluding hydrogens is 193 g/mol. The normalized spacial score (nSPS) is 32.7. The fourth-order valence-corrected chi connectivity index (χ4v) is 2.10. The Morgan fingerprint density at radius 2 is 2.00 bits per heavy atom. The molecular formula is C12H22FNO. The van der Waals surface area contributed by atoms with E-state index in [1.54, 1.807) is 0 Å². The lowest BCUT2D eigenvalue weighted by atomic mass is 9.99. The zero-order valence-electron chi connectivity index (χ0n) is 10.2. The van der Waals surface area contributed by atoms with Gasteiger partial charge in [0.15, 0.2) is 5.67 Å². The smallest absolute Gasteiger partial charge is 0.164 e. The van der Waals surface area contributed by atoms with E-state index in [1.165, 1.54) is 6.08 Å². The Hall–Kier alpha value is -0.410. The first-order valence-corrected chi connectivity index (χ1v) is 5.48. The molecule has 0 aromatic heterocycles. The molecule has 1 aliphatic rings. The summed E-state index contributed by atoms with van der Waals surface area (Å²) in [6.45, 7) is 12.9. The molecule has 0 amide bonds. The van der Waals surface area contributed by atoms with Crippen LogP contribution in [0.15, 0.2) is 12.7 Å². The van der Waals surface area contributed by atoms with E-state index in [0.717, 1.165) is 0 Å². The molecule has 1 rings (SSSR count). The highest BCUT2D eigenvalue weighted by Crippen LogP contribution is 2.28. The zero-order chi connectivity index (χ0) is 11.7. The fraction of sp³-hybridized carbons (Fsp3) is 0.833. The molecule has 0 N–H and O–H groups in total. The van der Waals surface area contributed by atoms with Gasteiger partial charge in [0.1, 0.15) is 0 Å². The molecule has 1 unspecified atom stereocenters. The predicted octanol–water partition coefficient (Wildman–Crippen LogP) is 2.40. The molecule has 2 nitrogen and oxygen atoms in total. The van der Waals surface area contributed by atoms with Crippen LogP contribution in [0.2, 0.25) is 0 Å². The topological polar surface area (TPSA) is 12.5 Å². The molecule has 0 aromatic rings. The summed E-state index contributed by atoms with van der Waals surface area (Å²) < 4.78 is 19.6. The van der Waals surface area contributed by atoms with E-state index in [1.807, 2.05) is 0 Å². The van der Waals surface area contributed by atoms with Crippen LogP contribution in [0.3, 0.4) is 0 Å². The van der Waals surface area contributed by atoms with Crippen molar-refractivity contribution >= 4 is 0 Å². The first-order chi connectivity index (χ1) is 6.81. The molecule has 0 spiro atoms. The maximum absolute atomic E-state index is 14.2. The minimum atomic E-state index is -1.42. The van der Waals surface area contributed by atoms with Crippen molar-refractivity contribution in [3.8, 4) is 0 Å². The quantitative estimate of drug-likeness (QED) is 0.656. The Labute approximate surface area is 92.1 Å². The minimum absolute atomic E-state index is 0.114. The highest BCUT2D eigenvalue weighted by atomic mass is 19.1. The van der Waals surface area contributed by atoms with E-state index < -0.39 is 5.67 Å². The van der Waals surface area contributed by atoms with Crippen molar-refractivity contribution < 1.29 is 9.13 Å². The van der Waals surface area contributed by atoms with Crippen LogP contribution in [0.4, 0.5) is 4.39 Å². The van der Waals surface area contributed by atoms with Crippen LogP contribution in [0.1, 0.15) is 27.7 Å². The monoisotopic (exact) mass is 215 g/mol. The average Bonchev–Trinajstić information content (AvgIpc) is 2.24. The van der Waals surface area contributed by atoms with Gasteiger partial charge in [-0.15, -0.1) is 0 Å². The van der Waals surface area contributed by atoms with Gasteiger partial charge in [-0.2, -0.15) is 0 Å². The van der Waals surface area contributed by atoms with E-state index in [9.17, 15) is 4.39 Å². The minimum Gasteiger partial charge on any atom is -0.376 e. The summed E-state index contributed by atoms with van der Waals surface area (Å²) >= 11 is 0. The van der Waals surface area contributed by atoms with Crippen LogP contribution in [0.5, 0.6) is 0 Å². The third-order valence-corrected chi connectivity index (χ3v) is 3.00. The van der Waals surface area contributed by atoms with Gasteiger partial charge in [0.25, 0.3) is 0 Å². The SMILES string of the molecule is C=CC1(F)COCC(C)(C)N(C(C)C)C1. The Morgan fingerprint density at radius 1 is 1.40 bits per heavy atom. The third kappa shape index (κ3) is 2.79. The molecule has 88 valence electrons. The molecule has 1 aliphatic heterocycles. The standard InChI is InChI=1S/C12H22FNO/c1-6-12(13)7-14(10(2)3)11(4,5)8-15-9-12/h6,10H,1,7-9H2,2-5H3. The van der Waals surface area contributed by atoms with Crippen LogP contribution in [-0.2, 0) is 4.74 Å². The summed E-state index contributed by atoms with van der Waals surface area (Å²) in [6.07, 6.45) is 1.36. The first-order valence-electron chi connectivity index (χ1n) is 5.48. The largest absolute Gasteiger partial charge is 0.376 e. The Kier molecular flexibility index (Phi) is 3.56. The number of hydrogen-bond acceptors (Lipinski definition) is 2. The Balaban J connectivity index is 2.91. The molecule has 0 bridgehead atoms. The lowest BCUT2D eigenvalue weighted by Gasteiger charge is -2.40. The lowest BCUT2D eigenvalue weighted by molar-refractivity contribution is 0.0324. The second-order valence-corrected chi connectivity index (χ2v) is 5.27. The molecule has 1 heterocycles. The highest BCUT2D eigenvalue weighted by Gasteiger charge is 2.40. The van der Waals surface area contributed by atoms with E-state index in [2.05, 4.69) is 39.2 Å². The molecule has 1 saturated heterocycles. The summed E-state index contributed by atoms with van der Waals surface area (Å²) in [5.74, 6) is 0. The molecule has 0 aromatic carbocycles. The molecule has 0 aliphatic carbocycles. The number of nitrogens with zero attached hydrogens (tertiary/aromatic N) is 1. The van der Waals surface area contributed by atoms with Gasteiger partial charge in [-0.25, -0.2) is 4.39 Å². The van der Waals surface area contributed by atoms with Crippen molar-refractivity contribution in [2.75, 3.05) is 19.8 Å². The van der Waals surface area contributed by atoms with E-state index in [-0.39, 0.29) is 12.1 Å². The van der Waals surface area contributed by atoms with Gasteiger partial charge in [-0.1, -0.05) is 12.7 Å². The van der Waals surface area contributed by atoms with E-state index in [4.69, 9.17) is 4.74 Å². The second-order valence-electron chi connectivity index (χ2n) is 5.27. The Bertz CT molecular complexity index is 240. The lowest BCUT2D eigenvalue weighted by Crippen LogP contribution is -2.53. The average molecular weight is 215 g/mol. The third-order valence-electron chi connectivity index (χ3n) is 3.00. The summed E-state index contributed by atoms with van der Waals surface area (Å²) in [7, 11) is 0. The van der Waals surface area contributed by atoms with E-state index >= 15 is 0 Å². The number of halogens is 1. The molecule has 0 saturated carbocycles. The first kappa shape index (κ1) is 12.7. The van der Waals surface area contributed by atoms with Crippen LogP contribution in [0.25, 0.3) is 0 Å². The van der Waals surface area contributed by atoms with Crippen LogP contribution in [0, 0.1) is 0 Å². The maximum atomic E-state index is 14.2. The molecule has 3 heteroatoms. The molecule has 1 atom stereocenters. The van der Waals surface area contributed by atoms with Crippen LogP contribution in [-0.4, -0.2) is 41.9 Å². The summed E-state index contributed by atoms with van der Waals surface area (Å²) in [5, 5.41) is 0. The van der Waals surface area contributed by atoms with Crippen molar-refractivity contribution in [1.82, 2.24) is 4.90 Å². The van der Waals surface area contributed by atoms with Gasteiger partial charge in [-0.05, 0) is 27.7 Å². The number of alkyl halides is 1. The van der Waals surface area contributed by atoms with Crippen molar-refractivity contribution in [2.45, 2.75) is 44.9 Å². The van der Waals surface area contributed by atoms with Crippen molar-refractivity contribution in [2.24, 2.45) is 0 Å². The van der Waals surface area contributed by atoms with Crippen molar-refractivity contribution in [1.29, 1.82) is 0 Å². The summed E-state index contributed by atoms with van der Waals surface area (Å²) in [6, 6.07) is 0.303. The Morgan fingerprint density at radius 3 is 2.47 bits per heavy atom. The second kappa shape index (κ2) is 4.22. The molecule has 1 fully saturated rings. The summed E-state index contributed by atoms with van der Waals surface area (Å²) in [4.78, 5) is 2.14. The van der Waals surface area contributed by atoms with Gasteiger partial charge >= 0.3 is 0 Å². The van der Waals surface area contributed by atoms with Crippen molar-refractivity contribution in [3.63, 3.8) is 0 Å². The summed E-state index contributed by atoms with van der Waals surface area (Å²) in [5.41, 5.74) is -1.54. The molecule has 15 heavy (non-hydrogen) atoms. The van der Waals surface area contributed by atoms with Gasteiger partial charge in [0.2, 0.25) is 0 Å². The van der Waals surface area contributed by atoms with Gasteiger partial charge in [0.05, 0.1) is 13.2 Å². The fourth-order valence-electron chi connectivity index (χ4n) is 2.10. The van der Waals surface area contributed by atoms with Crippen LogP contribution < -0.4 is 0 Å². The predicted molar refractivity (Wildman–Crippen MR) is 60.8 cm³/mol. The number of hydrogen-bond donors (Lipinski definition) is 0. The number of rotatable bonds is 2. The number of ether oxygens (including phenoxy) is 1. The van der Waals surface area contributed by atoms with Crippen LogP contribution >= 0.6 is 0 Å². The van der Waals surface area contributed by atoms with Gasteiger partial charge in [0, 0.05) is 18.1 Å². The maximum Gasteiger partial charge on any atom is 0.164 e. The van der Waals surface area contributed by atoms with Crippen molar-refractivity contribution in [3.05, 3.63) is 12.7 Å². The van der Waals surface area contributed by atoms with E-state index in [0.29, 0.717) is 19.2 Å². The van der Waals surface area contributed by atoms with Gasteiger partial charge < -0.3 is 4.74 Å². The molecule has 0 radical (unpaired) electrons. The van der Waals surface area contributed by atoms with Gasteiger partial charge in [-0.3, -0.25) is 4.90 Å².